The van der Waals surface area contributed by atoms with Crippen LogP contribution in [0.5, 0.6) is 0 Å². The lowest BCUT2D eigenvalue weighted by molar-refractivity contribution is 0.0741. The largest absolute Gasteiger partial charge is 0.396 e. The molecule has 1 amide bonds. The van der Waals surface area contributed by atoms with Gasteiger partial charge in [-0.15, -0.1) is 11.3 Å². The molecule has 3 rings (SSSR count). The summed E-state index contributed by atoms with van der Waals surface area (Å²) < 4.78 is 0.975. The van der Waals surface area contributed by atoms with Crippen LogP contribution in [-0.4, -0.2) is 28.9 Å². The predicted molar refractivity (Wildman–Crippen MR) is 78.4 cm³/mol. The highest BCUT2D eigenvalue weighted by atomic mass is 32.1. The third-order valence-corrected chi connectivity index (χ3v) is 5.02. The Bertz CT molecular complexity index is 616. The van der Waals surface area contributed by atoms with Gasteiger partial charge in [-0.3, -0.25) is 9.78 Å². The zero-order valence-electron chi connectivity index (χ0n) is 10.9. The number of anilines is 1. The molecule has 0 radical (unpaired) electrons. The molecule has 100 valence electrons. The van der Waals surface area contributed by atoms with Gasteiger partial charge in [-0.2, -0.15) is 0 Å². The van der Waals surface area contributed by atoms with E-state index in [0.29, 0.717) is 16.6 Å². The van der Waals surface area contributed by atoms with E-state index < -0.39 is 0 Å². The van der Waals surface area contributed by atoms with Crippen LogP contribution in [-0.2, 0) is 0 Å². The summed E-state index contributed by atoms with van der Waals surface area (Å²) in [6.07, 6.45) is 6.34. The van der Waals surface area contributed by atoms with Crippen LogP contribution < -0.4 is 5.73 Å². The van der Waals surface area contributed by atoms with E-state index in [1.165, 1.54) is 24.2 Å². The summed E-state index contributed by atoms with van der Waals surface area (Å²) in [5.41, 5.74) is 7.35. The maximum Gasteiger partial charge on any atom is 0.266 e. The zero-order chi connectivity index (χ0) is 13.4. The van der Waals surface area contributed by atoms with Gasteiger partial charge in [0.05, 0.1) is 10.4 Å². The van der Waals surface area contributed by atoms with Crippen molar-refractivity contribution in [3.8, 4) is 0 Å². The fraction of sp³-hybridized carbons (Fsp3) is 0.429. The Morgan fingerprint density at radius 3 is 2.89 bits per heavy atom. The van der Waals surface area contributed by atoms with Crippen molar-refractivity contribution in [3.05, 3.63) is 23.2 Å². The van der Waals surface area contributed by atoms with Crippen molar-refractivity contribution >= 4 is 33.1 Å². The summed E-state index contributed by atoms with van der Waals surface area (Å²) in [4.78, 5) is 19.3. The molecule has 0 aromatic carbocycles. The average Bonchev–Trinajstić information content (AvgIpc) is 3.06. The molecule has 1 fully saturated rings. The van der Waals surface area contributed by atoms with E-state index in [-0.39, 0.29) is 5.91 Å². The predicted octanol–water partition coefficient (Wildman–Crippen LogP) is 2.89. The van der Waals surface area contributed by atoms with Crippen molar-refractivity contribution in [2.45, 2.75) is 31.7 Å². The molecule has 0 saturated heterocycles. The molecule has 0 unspecified atom stereocenters. The number of hydrogen-bond acceptors (Lipinski definition) is 4. The minimum atomic E-state index is 0.0346. The first-order chi connectivity index (χ1) is 9.18. The summed E-state index contributed by atoms with van der Waals surface area (Å²) in [5.74, 6) is 0.0346. The van der Waals surface area contributed by atoms with Crippen molar-refractivity contribution in [2.24, 2.45) is 0 Å². The number of nitrogens with zero attached hydrogens (tertiary/aromatic N) is 2. The number of thiophene rings is 1. The van der Waals surface area contributed by atoms with Crippen molar-refractivity contribution in [3.63, 3.8) is 0 Å². The van der Waals surface area contributed by atoms with Crippen LogP contribution in [0.2, 0.25) is 0 Å². The van der Waals surface area contributed by atoms with E-state index in [0.717, 1.165) is 23.1 Å². The third-order valence-electron chi connectivity index (χ3n) is 3.87. The smallest absolute Gasteiger partial charge is 0.266 e. The molecule has 0 atom stereocenters. The third kappa shape index (κ3) is 2.08. The Hall–Kier alpha value is -1.62. The lowest BCUT2D eigenvalue weighted by atomic mass is 10.2. The fourth-order valence-corrected chi connectivity index (χ4v) is 3.79. The van der Waals surface area contributed by atoms with E-state index in [1.54, 1.807) is 6.20 Å². The number of nitrogen functional groups attached to an aromatic ring is 1. The number of nitrogens with two attached hydrogens (primary N) is 1. The lowest BCUT2D eigenvalue weighted by Crippen LogP contribution is -2.35. The molecule has 1 aliphatic carbocycles. The highest BCUT2D eigenvalue weighted by Gasteiger charge is 2.27. The van der Waals surface area contributed by atoms with Gasteiger partial charge in [0.25, 0.3) is 5.91 Å². The highest BCUT2D eigenvalue weighted by molar-refractivity contribution is 7.21. The molecule has 2 N–H and O–H groups in total. The second-order valence-electron chi connectivity index (χ2n) is 5.05. The highest BCUT2D eigenvalue weighted by Crippen LogP contribution is 2.34. The second kappa shape index (κ2) is 4.81. The first-order valence-corrected chi connectivity index (χ1v) is 7.40. The molecule has 0 spiro atoms. The van der Waals surface area contributed by atoms with Crippen LogP contribution in [0.4, 0.5) is 5.69 Å². The standard InChI is InChI=1S/C14H17N3OS/c1-17(9-5-2-3-6-9)14(18)13-11(15)12-10(19-13)7-4-8-16-12/h4,7-9H,2-3,5-6,15H2,1H3. The van der Waals surface area contributed by atoms with E-state index in [4.69, 9.17) is 5.73 Å². The molecular formula is C14H17N3OS. The number of aromatic nitrogens is 1. The summed E-state index contributed by atoms with van der Waals surface area (Å²) >= 11 is 1.44. The number of fused-ring (bicyclic) bond motifs is 1. The SMILES string of the molecule is CN(C(=O)c1sc2cccnc2c1N)C1CCCC1. The number of amides is 1. The van der Waals surface area contributed by atoms with Crippen LogP contribution >= 0.6 is 11.3 Å². The second-order valence-corrected chi connectivity index (χ2v) is 6.10. The van der Waals surface area contributed by atoms with Gasteiger partial charge in [0.15, 0.2) is 0 Å². The number of carbonyl (C=O) groups is 1. The molecule has 2 heterocycles. The van der Waals surface area contributed by atoms with E-state index in [9.17, 15) is 4.79 Å². The van der Waals surface area contributed by atoms with E-state index >= 15 is 0 Å². The Morgan fingerprint density at radius 1 is 1.47 bits per heavy atom. The maximum absolute atomic E-state index is 12.6. The first-order valence-electron chi connectivity index (χ1n) is 6.58. The minimum Gasteiger partial charge on any atom is -0.396 e. The lowest BCUT2D eigenvalue weighted by Gasteiger charge is -2.23. The maximum atomic E-state index is 12.6. The molecule has 5 heteroatoms. The zero-order valence-corrected chi connectivity index (χ0v) is 11.7. The molecule has 2 aromatic heterocycles. The van der Waals surface area contributed by atoms with Gasteiger partial charge in [0, 0.05) is 19.3 Å². The molecule has 0 aliphatic heterocycles. The molecule has 0 bridgehead atoms. The monoisotopic (exact) mass is 275 g/mol. The number of hydrogen-bond donors (Lipinski definition) is 1. The average molecular weight is 275 g/mol. The van der Waals surface area contributed by atoms with Crippen LogP contribution in [0.15, 0.2) is 18.3 Å². The number of pyridine rings is 1. The van der Waals surface area contributed by atoms with E-state index in [1.807, 2.05) is 24.1 Å². The van der Waals surface area contributed by atoms with Gasteiger partial charge in [0.2, 0.25) is 0 Å². The topological polar surface area (TPSA) is 59.2 Å². The normalized spacial score (nSPS) is 16.1. The van der Waals surface area contributed by atoms with Crippen molar-refractivity contribution in [2.75, 3.05) is 12.8 Å². The fourth-order valence-electron chi connectivity index (χ4n) is 2.72. The summed E-state index contributed by atoms with van der Waals surface area (Å²) in [6, 6.07) is 4.19. The van der Waals surface area contributed by atoms with Gasteiger partial charge in [-0.25, -0.2) is 0 Å². The summed E-state index contributed by atoms with van der Waals surface area (Å²) in [5, 5.41) is 0. The Kier molecular flexibility index (Phi) is 3.14. The summed E-state index contributed by atoms with van der Waals surface area (Å²) in [6.45, 7) is 0. The molecule has 1 aliphatic rings. The summed E-state index contributed by atoms with van der Waals surface area (Å²) in [7, 11) is 1.88. The van der Waals surface area contributed by atoms with E-state index in [2.05, 4.69) is 4.98 Å². The minimum absolute atomic E-state index is 0.0346. The van der Waals surface area contributed by atoms with Gasteiger partial charge in [-0.1, -0.05) is 12.8 Å². The Labute approximate surface area is 116 Å². The van der Waals surface area contributed by atoms with Crippen LogP contribution in [0.25, 0.3) is 10.2 Å². The van der Waals surface area contributed by atoms with Crippen LogP contribution in [0.1, 0.15) is 35.4 Å². The van der Waals surface area contributed by atoms with Gasteiger partial charge in [-0.05, 0) is 25.0 Å². The Morgan fingerprint density at radius 2 is 2.21 bits per heavy atom. The molecule has 19 heavy (non-hydrogen) atoms. The number of rotatable bonds is 2. The molecule has 2 aromatic rings. The number of carbonyl (C=O) groups excluding carboxylic acids is 1. The van der Waals surface area contributed by atoms with Crippen LogP contribution in [0, 0.1) is 0 Å². The van der Waals surface area contributed by atoms with Crippen molar-refractivity contribution < 1.29 is 4.79 Å². The van der Waals surface area contributed by atoms with Crippen molar-refractivity contribution in [1.82, 2.24) is 9.88 Å². The van der Waals surface area contributed by atoms with Crippen LogP contribution in [0.3, 0.4) is 0 Å². The Balaban J connectivity index is 1.94. The quantitative estimate of drug-likeness (QED) is 0.916. The van der Waals surface area contributed by atoms with Gasteiger partial charge < -0.3 is 10.6 Å². The first kappa shape index (κ1) is 12.4. The van der Waals surface area contributed by atoms with Gasteiger partial charge in [0.1, 0.15) is 10.4 Å². The molecule has 4 nitrogen and oxygen atoms in total. The van der Waals surface area contributed by atoms with Crippen molar-refractivity contribution in [1.29, 1.82) is 0 Å². The molecule has 1 saturated carbocycles. The molecular weight excluding hydrogens is 258 g/mol. The van der Waals surface area contributed by atoms with Gasteiger partial charge >= 0.3 is 0 Å².